The Labute approximate surface area is 196 Å². The van der Waals surface area contributed by atoms with Crippen molar-refractivity contribution in [2.45, 2.75) is 49.6 Å². The van der Waals surface area contributed by atoms with E-state index in [1.165, 1.54) is 0 Å². The van der Waals surface area contributed by atoms with E-state index >= 15 is 0 Å². The zero-order valence-corrected chi connectivity index (χ0v) is 19.8. The molecule has 2 aliphatic rings. The number of benzene rings is 2. The van der Waals surface area contributed by atoms with Gasteiger partial charge < -0.3 is 10.2 Å². The molecule has 0 amide bonds. The molecule has 2 aromatic carbocycles. The molecule has 6 nitrogen and oxygen atoms in total. The molecule has 2 heterocycles. The standard InChI is InChI=1S/C26H32N2O4S/c1-20(30)9-10-21-11-13-23(14-12-21)26-24-17-27(15-5-6-16-28(24)25(26)18-29)33(31,32)19-22-7-3-2-4-8-22/h2-4,7-8,11-14,20,24-26,29-30H,5-6,15-19H2,1H3/t20-,24+,25-,26+/m0/s1. The summed E-state index contributed by atoms with van der Waals surface area (Å²) >= 11 is 0. The highest BCUT2D eigenvalue weighted by atomic mass is 32.2. The first-order valence-corrected chi connectivity index (χ1v) is 13.2. The molecule has 0 radical (unpaired) electrons. The van der Waals surface area contributed by atoms with Crippen LogP contribution in [0.25, 0.3) is 0 Å². The van der Waals surface area contributed by atoms with E-state index in [4.69, 9.17) is 0 Å². The molecule has 0 saturated carbocycles. The lowest BCUT2D eigenvalue weighted by atomic mass is 9.74. The summed E-state index contributed by atoms with van der Waals surface area (Å²) in [6.45, 7) is 3.50. The van der Waals surface area contributed by atoms with Crippen molar-refractivity contribution < 1.29 is 18.6 Å². The minimum absolute atomic E-state index is 0.00526. The minimum atomic E-state index is -3.45. The van der Waals surface area contributed by atoms with Gasteiger partial charge in [0.05, 0.1) is 12.4 Å². The molecule has 0 aliphatic carbocycles. The van der Waals surface area contributed by atoms with Gasteiger partial charge >= 0.3 is 0 Å². The van der Waals surface area contributed by atoms with Gasteiger partial charge in [-0.15, -0.1) is 0 Å². The maximum Gasteiger partial charge on any atom is 0.218 e. The molecule has 2 fully saturated rings. The molecule has 0 aromatic heterocycles. The van der Waals surface area contributed by atoms with Crippen LogP contribution in [0, 0.1) is 11.8 Å². The van der Waals surface area contributed by atoms with E-state index in [0.29, 0.717) is 13.1 Å². The van der Waals surface area contributed by atoms with Crippen molar-refractivity contribution in [2.75, 3.05) is 26.2 Å². The number of aliphatic hydroxyl groups is 2. The lowest BCUT2D eigenvalue weighted by Gasteiger charge is -2.57. The Bertz CT molecular complexity index is 1090. The first kappa shape index (κ1) is 23.9. The molecule has 176 valence electrons. The molecule has 2 aliphatic heterocycles. The third kappa shape index (κ3) is 5.48. The second-order valence-corrected chi connectivity index (χ2v) is 10.9. The molecule has 0 unspecified atom stereocenters. The quantitative estimate of drug-likeness (QED) is 0.658. The Hall–Kier alpha value is -2.21. The number of aliphatic hydroxyl groups excluding tert-OH is 2. The fourth-order valence-corrected chi connectivity index (χ4v) is 6.60. The largest absolute Gasteiger partial charge is 0.395 e. The highest BCUT2D eigenvalue weighted by molar-refractivity contribution is 7.88. The van der Waals surface area contributed by atoms with Crippen molar-refractivity contribution in [1.82, 2.24) is 9.21 Å². The van der Waals surface area contributed by atoms with E-state index in [2.05, 4.69) is 16.7 Å². The topological polar surface area (TPSA) is 81.1 Å². The Morgan fingerprint density at radius 2 is 1.76 bits per heavy atom. The zero-order chi connectivity index (χ0) is 23.4. The van der Waals surface area contributed by atoms with Crippen LogP contribution in [0.4, 0.5) is 0 Å². The molecular weight excluding hydrogens is 436 g/mol. The predicted octanol–water partition coefficient (Wildman–Crippen LogP) is 2.17. The molecule has 4 atom stereocenters. The van der Waals surface area contributed by atoms with Gasteiger partial charge in [0, 0.05) is 36.7 Å². The van der Waals surface area contributed by atoms with Crippen molar-refractivity contribution in [3.05, 3.63) is 71.3 Å². The maximum atomic E-state index is 13.3. The molecule has 2 aromatic rings. The molecule has 33 heavy (non-hydrogen) atoms. The number of hydrogen-bond donors (Lipinski definition) is 2. The monoisotopic (exact) mass is 468 g/mol. The number of hydrogen-bond acceptors (Lipinski definition) is 5. The van der Waals surface area contributed by atoms with Gasteiger partial charge in [-0.2, -0.15) is 0 Å². The second kappa shape index (κ2) is 10.4. The molecule has 2 saturated heterocycles. The summed E-state index contributed by atoms with van der Waals surface area (Å²) in [7, 11) is -3.45. The van der Waals surface area contributed by atoms with Crippen molar-refractivity contribution in [3.63, 3.8) is 0 Å². The summed E-state index contributed by atoms with van der Waals surface area (Å²) in [5.74, 6) is 5.76. The lowest BCUT2D eigenvalue weighted by molar-refractivity contribution is -0.0554. The predicted molar refractivity (Wildman–Crippen MR) is 129 cm³/mol. The highest BCUT2D eigenvalue weighted by Gasteiger charge is 2.50. The van der Waals surface area contributed by atoms with Crippen LogP contribution in [0.3, 0.4) is 0 Å². The Morgan fingerprint density at radius 1 is 1.06 bits per heavy atom. The van der Waals surface area contributed by atoms with E-state index < -0.39 is 16.1 Å². The van der Waals surface area contributed by atoms with Crippen molar-refractivity contribution in [2.24, 2.45) is 0 Å². The number of fused-ring (bicyclic) bond motifs is 1. The van der Waals surface area contributed by atoms with E-state index in [-0.39, 0.29) is 30.4 Å². The smallest absolute Gasteiger partial charge is 0.218 e. The third-order valence-electron chi connectivity index (χ3n) is 6.64. The molecule has 0 bridgehead atoms. The summed E-state index contributed by atoms with van der Waals surface area (Å²) in [6.07, 6.45) is 1.05. The van der Waals surface area contributed by atoms with Crippen LogP contribution in [-0.2, 0) is 15.8 Å². The summed E-state index contributed by atoms with van der Waals surface area (Å²) in [6, 6.07) is 17.2. The van der Waals surface area contributed by atoms with E-state index in [9.17, 15) is 18.6 Å². The number of rotatable bonds is 5. The Kier molecular flexibility index (Phi) is 7.52. The molecule has 0 spiro atoms. The fourth-order valence-electron chi connectivity index (χ4n) is 5.01. The van der Waals surface area contributed by atoms with Gasteiger partial charge in [-0.25, -0.2) is 12.7 Å². The van der Waals surface area contributed by atoms with E-state index in [1.807, 2.05) is 54.6 Å². The van der Waals surface area contributed by atoms with Crippen LogP contribution < -0.4 is 0 Å². The highest BCUT2D eigenvalue weighted by Crippen LogP contribution is 2.42. The van der Waals surface area contributed by atoms with Gasteiger partial charge in [-0.3, -0.25) is 4.90 Å². The van der Waals surface area contributed by atoms with Gasteiger partial charge in [-0.1, -0.05) is 54.3 Å². The van der Waals surface area contributed by atoms with Crippen LogP contribution in [-0.4, -0.2) is 72.3 Å². The third-order valence-corrected chi connectivity index (χ3v) is 8.46. The normalized spacial score (nSPS) is 25.0. The van der Waals surface area contributed by atoms with Gasteiger partial charge in [0.25, 0.3) is 0 Å². The van der Waals surface area contributed by atoms with Crippen LogP contribution in [0.15, 0.2) is 54.6 Å². The van der Waals surface area contributed by atoms with Crippen molar-refractivity contribution in [3.8, 4) is 11.8 Å². The molecular formula is C26H32N2O4S. The second-order valence-electron chi connectivity index (χ2n) is 8.96. The average molecular weight is 469 g/mol. The van der Waals surface area contributed by atoms with Crippen molar-refractivity contribution in [1.29, 1.82) is 0 Å². The van der Waals surface area contributed by atoms with E-state index in [0.717, 1.165) is 36.1 Å². The summed E-state index contributed by atoms with van der Waals surface area (Å²) in [5.41, 5.74) is 2.70. The Balaban J connectivity index is 1.55. The SMILES string of the molecule is C[C@H](O)C#Cc1ccc([C@@H]2[C@H]3CN(S(=O)(=O)Cc4ccccc4)CCCCN3[C@H]2CO)cc1. The lowest BCUT2D eigenvalue weighted by Crippen LogP contribution is -2.67. The maximum absolute atomic E-state index is 13.3. The molecule has 4 rings (SSSR count). The first-order chi connectivity index (χ1) is 15.9. The van der Waals surface area contributed by atoms with Crippen LogP contribution in [0.1, 0.15) is 42.4 Å². The van der Waals surface area contributed by atoms with Crippen LogP contribution in [0.5, 0.6) is 0 Å². The van der Waals surface area contributed by atoms with Gasteiger partial charge in [0.15, 0.2) is 0 Å². The van der Waals surface area contributed by atoms with Crippen molar-refractivity contribution >= 4 is 10.0 Å². The van der Waals surface area contributed by atoms with Gasteiger partial charge in [0.1, 0.15) is 6.10 Å². The summed E-state index contributed by atoms with van der Waals surface area (Å²) in [5, 5.41) is 19.5. The van der Waals surface area contributed by atoms with Gasteiger partial charge in [0.2, 0.25) is 10.0 Å². The first-order valence-electron chi connectivity index (χ1n) is 11.6. The van der Waals surface area contributed by atoms with Crippen LogP contribution in [0.2, 0.25) is 0 Å². The summed E-state index contributed by atoms with van der Waals surface area (Å²) < 4.78 is 28.2. The van der Waals surface area contributed by atoms with Crippen LogP contribution >= 0.6 is 0 Å². The summed E-state index contributed by atoms with van der Waals surface area (Å²) in [4.78, 5) is 2.27. The molecule has 2 N–H and O–H groups in total. The minimum Gasteiger partial charge on any atom is -0.395 e. The average Bonchev–Trinajstić information content (AvgIpc) is 2.77. The van der Waals surface area contributed by atoms with E-state index in [1.54, 1.807) is 11.2 Å². The number of nitrogens with zero attached hydrogens (tertiary/aromatic N) is 2. The zero-order valence-electron chi connectivity index (χ0n) is 19.0. The fraction of sp³-hybridized carbons (Fsp3) is 0.462. The van der Waals surface area contributed by atoms with Gasteiger partial charge in [-0.05, 0) is 49.6 Å². The Morgan fingerprint density at radius 3 is 2.42 bits per heavy atom. The molecule has 7 heteroatoms. The number of sulfonamides is 1.